The van der Waals surface area contributed by atoms with E-state index in [-0.39, 0.29) is 24.0 Å². The number of hydrogen-bond donors (Lipinski definition) is 2. The number of rotatable bonds is 6. The highest BCUT2D eigenvalue weighted by atomic mass is 127. The van der Waals surface area contributed by atoms with Crippen molar-refractivity contribution in [2.24, 2.45) is 4.99 Å². The van der Waals surface area contributed by atoms with Crippen LogP contribution >= 0.6 is 35.3 Å². The van der Waals surface area contributed by atoms with Crippen LogP contribution in [-0.4, -0.2) is 36.1 Å². The van der Waals surface area contributed by atoms with Gasteiger partial charge in [0.15, 0.2) is 5.96 Å². The van der Waals surface area contributed by atoms with Crippen LogP contribution in [0.2, 0.25) is 0 Å². The van der Waals surface area contributed by atoms with Crippen molar-refractivity contribution in [1.82, 2.24) is 20.6 Å². The summed E-state index contributed by atoms with van der Waals surface area (Å²) >= 11 is 1.74. The van der Waals surface area contributed by atoms with E-state index in [1.807, 2.05) is 12.4 Å². The van der Waals surface area contributed by atoms with Crippen LogP contribution in [0, 0.1) is 0 Å². The number of aromatic nitrogens is 2. The van der Waals surface area contributed by atoms with Gasteiger partial charge in [-0.3, -0.25) is 4.99 Å². The molecule has 1 fully saturated rings. The second kappa shape index (κ2) is 10.7. The Morgan fingerprint density at radius 2 is 1.92 bits per heavy atom. The Labute approximate surface area is 176 Å². The number of thiazole rings is 1. The number of anilines is 1. The van der Waals surface area contributed by atoms with Gasteiger partial charge in [0.1, 0.15) is 10.8 Å². The monoisotopic (exact) mass is 486 g/mol. The minimum atomic E-state index is 0. The molecule has 3 heterocycles. The van der Waals surface area contributed by atoms with Crippen LogP contribution < -0.4 is 15.5 Å². The average molecular weight is 486 g/mol. The Balaban J connectivity index is 0.00000243. The molecule has 0 atom stereocenters. The van der Waals surface area contributed by atoms with Crippen LogP contribution in [-0.2, 0) is 19.5 Å². The Morgan fingerprint density at radius 1 is 1.15 bits per heavy atom. The van der Waals surface area contributed by atoms with Gasteiger partial charge in [0, 0.05) is 44.0 Å². The topological polar surface area (TPSA) is 65.4 Å². The summed E-state index contributed by atoms with van der Waals surface area (Å²) in [6.07, 6.45) is 7.47. The first-order chi connectivity index (χ1) is 12.3. The third-order valence-corrected chi connectivity index (χ3v) is 5.42. The third kappa shape index (κ3) is 5.80. The first kappa shape index (κ1) is 20.9. The second-order valence-electron chi connectivity index (χ2n) is 6.07. The zero-order valence-electron chi connectivity index (χ0n) is 15.4. The predicted molar refractivity (Wildman–Crippen MR) is 120 cm³/mol. The largest absolute Gasteiger partial charge is 0.357 e. The molecular formula is C18H27IN6S. The van der Waals surface area contributed by atoms with E-state index < -0.39 is 0 Å². The Bertz CT molecular complexity index is 694. The van der Waals surface area contributed by atoms with Gasteiger partial charge in [0.2, 0.25) is 0 Å². The minimum absolute atomic E-state index is 0. The predicted octanol–water partition coefficient (Wildman–Crippen LogP) is 3.18. The lowest BCUT2D eigenvalue weighted by Crippen LogP contribution is -2.36. The zero-order chi connectivity index (χ0) is 17.5. The van der Waals surface area contributed by atoms with E-state index in [1.165, 1.54) is 17.7 Å². The number of halogens is 1. The molecule has 0 amide bonds. The van der Waals surface area contributed by atoms with Crippen molar-refractivity contribution in [3.05, 3.63) is 40.0 Å². The molecule has 0 aromatic carbocycles. The maximum Gasteiger partial charge on any atom is 0.191 e. The molecule has 26 heavy (non-hydrogen) atoms. The van der Waals surface area contributed by atoms with Crippen LogP contribution in [0.5, 0.6) is 0 Å². The minimum Gasteiger partial charge on any atom is -0.357 e. The van der Waals surface area contributed by atoms with Gasteiger partial charge < -0.3 is 15.5 Å². The van der Waals surface area contributed by atoms with E-state index in [4.69, 9.17) is 0 Å². The van der Waals surface area contributed by atoms with Crippen molar-refractivity contribution < 1.29 is 0 Å². The normalized spacial score (nSPS) is 14.2. The van der Waals surface area contributed by atoms with Gasteiger partial charge in [-0.25, -0.2) is 9.97 Å². The molecule has 0 saturated carbocycles. The van der Waals surface area contributed by atoms with Crippen molar-refractivity contribution in [3.8, 4) is 0 Å². The first-order valence-electron chi connectivity index (χ1n) is 8.86. The van der Waals surface area contributed by atoms with Crippen LogP contribution in [0.1, 0.15) is 35.2 Å². The molecule has 0 radical (unpaired) electrons. The van der Waals surface area contributed by atoms with Gasteiger partial charge in [0.05, 0.1) is 6.54 Å². The summed E-state index contributed by atoms with van der Waals surface area (Å²) < 4.78 is 0. The molecule has 0 bridgehead atoms. The van der Waals surface area contributed by atoms with E-state index in [0.717, 1.165) is 41.9 Å². The number of aliphatic imine (C=N–C) groups is 1. The van der Waals surface area contributed by atoms with Crippen LogP contribution in [0.15, 0.2) is 29.5 Å². The fraction of sp³-hybridized carbons (Fsp3) is 0.500. The Hall–Kier alpha value is -1.42. The number of guanidine groups is 1. The van der Waals surface area contributed by atoms with Gasteiger partial charge >= 0.3 is 0 Å². The molecule has 142 valence electrons. The Kier molecular flexibility index (Phi) is 8.56. The number of hydrogen-bond acceptors (Lipinski definition) is 5. The van der Waals surface area contributed by atoms with Crippen molar-refractivity contribution >= 4 is 47.1 Å². The first-order valence-corrected chi connectivity index (χ1v) is 9.68. The molecule has 6 nitrogen and oxygen atoms in total. The Morgan fingerprint density at radius 3 is 2.54 bits per heavy atom. The summed E-state index contributed by atoms with van der Waals surface area (Å²) in [5.74, 6) is 1.86. The van der Waals surface area contributed by atoms with Gasteiger partial charge in [-0.1, -0.05) is 13.0 Å². The molecule has 2 aromatic heterocycles. The van der Waals surface area contributed by atoms with Crippen molar-refractivity contribution in [3.63, 3.8) is 0 Å². The molecular weight excluding hydrogens is 459 g/mol. The molecule has 1 aliphatic rings. The van der Waals surface area contributed by atoms with E-state index in [9.17, 15) is 0 Å². The summed E-state index contributed by atoms with van der Waals surface area (Å²) in [6, 6.07) is 4.25. The standard InChI is InChI=1S/C18H26N6S.HI/c1-3-15-12-21-17(25-15)13-23-18(19-2)22-11-14-6-7-16(20-10-14)24-8-4-5-9-24;/h6-7,10,12H,3-5,8-9,11,13H2,1-2H3,(H2,19,22,23);1H. The van der Waals surface area contributed by atoms with E-state index in [1.54, 1.807) is 18.4 Å². The number of nitrogens with zero attached hydrogens (tertiary/aromatic N) is 4. The maximum absolute atomic E-state index is 4.59. The number of pyridine rings is 1. The van der Waals surface area contributed by atoms with Crippen molar-refractivity contribution in [2.45, 2.75) is 39.3 Å². The molecule has 2 aromatic rings. The molecule has 1 aliphatic heterocycles. The molecule has 3 rings (SSSR count). The van der Waals surface area contributed by atoms with Crippen molar-refractivity contribution in [2.75, 3.05) is 25.0 Å². The molecule has 0 aliphatic carbocycles. The smallest absolute Gasteiger partial charge is 0.191 e. The highest BCUT2D eigenvalue weighted by Gasteiger charge is 2.13. The summed E-state index contributed by atoms with van der Waals surface area (Å²) in [6.45, 7) is 5.78. The lowest BCUT2D eigenvalue weighted by atomic mass is 10.3. The molecule has 8 heteroatoms. The molecule has 0 spiro atoms. The highest BCUT2D eigenvalue weighted by Crippen LogP contribution is 2.17. The number of aryl methyl sites for hydroxylation is 1. The lowest BCUT2D eigenvalue weighted by Gasteiger charge is -2.16. The summed E-state index contributed by atoms with van der Waals surface area (Å²) in [7, 11) is 1.78. The van der Waals surface area contributed by atoms with E-state index in [2.05, 4.69) is 49.6 Å². The fourth-order valence-electron chi connectivity index (χ4n) is 2.81. The van der Waals surface area contributed by atoms with Gasteiger partial charge in [0.25, 0.3) is 0 Å². The number of nitrogens with one attached hydrogen (secondary N) is 2. The summed E-state index contributed by atoms with van der Waals surface area (Å²) in [5, 5.41) is 7.72. The third-order valence-electron chi connectivity index (χ3n) is 4.28. The zero-order valence-corrected chi connectivity index (χ0v) is 18.5. The molecule has 0 unspecified atom stereocenters. The summed E-state index contributed by atoms with van der Waals surface area (Å²) in [5.41, 5.74) is 1.15. The quantitative estimate of drug-likeness (QED) is 0.373. The molecule has 2 N–H and O–H groups in total. The van der Waals surface area contributed by atoms with Gasteiger partial charge in [-0.2, -0.15) is 0 Å². The van der Waals surface area contributed by atoms with E-state index in [0.29, 0.717) is 13.1 Å². The van der Waals surface area contributed by atoms with Crippen LogP contribution in [0.25, 0.3) is 0 Å². The maximum atomic E-state index is 4.59. The summed E-state index contributed by atoms with van der Waals surface area (Å²) in [4.78, 5) is 16.9. The SMILES string of the molecule is CCc1cnc(CNC(=NC)NCc2ccc(N3CCCC3)nc2)s1.I. The lowest BCUT2D eigenvalue weighted by molar-refractivity contribution is 0.802. The van der Waals surface area contributed by atoms with Crippen LogP contribution in [0.3, 0.4) is 0 Å². The highest BCUT2D eigenvalue weighted by molar-refractivity contribution is 14.0. The molecule has 1 saturated heterocycles. The van der Waals surface area contributed by atoms with Gasteiger partial charge in [-0.05, 0) is 30.9 Å². The van der Waals surface area contributed by atoms with Gasteiger partial charge in [-0.15, -0.1) is 35.3 Å². The fourth-order valence-corrected chi connectivity index (χ4v) is 3.62. The van der Waals surface area contributed by atoms with E-state index >= 15 is 0 Å². The van der Waals surface area contributed by atoms with Crippen molar-refractivity contribution in [1.29, 1.82) is 0 Å². The van der Waals surface area contributed by atoms with Crippen LogP contribution in [0.4, 0.5) is 5.82 Å². The second-order valence-corrected chi connectivity index (χ2v) is 7.27. The average Bonchev–Trinajstić information content (AvgIpc) is 3.34.